The van der Waals surface area contributed by atoms with Gasteiger partial charge in [-0.1, -0.05) is 0 Å². The summed E-state index contributed by atoms with van der Waals surface area (Å²) in [6, 6.07) is 6.54. The van der Waals surface area contributed by atoms with E-state index in [1.165, 1.54) is 11.3 Å². The normalized spacial score (nSPS) is 13.4. The molecule has 0 fully saturated rings. The van der Waals surface area contributed by atoms with Gasteiger partial charge in [0.15, 0.2) is 5.82 Å². The number of anilines is 2. The molecule has 4 nitrogen and oxygen atoms in total. The van der Waals surface area contributed by atoms with Crippen LogP contribution in [0.2, 0.25) is 0 Å². The summed E-state index contributed by atoms with van der Waals surface area (Å²) in [6.07, 6.45) is 1.10. The minimum atomic E-state index is 0.807. The second kappa shape index (κ2) is 5.79. The van der Waals surface area contributed by atoms with E-state index in [2.05, 4.69) is 70.0 Å². The lowest BCUT2D eigenvalue weighted by Gasteiger charge is -2.13. The molecule has 0 saturated carbocycles. The van der Waals surface area contributed by atoms with E-state index in [9.17, 15) is 0 Å². The number of rotatable bonds is 3. The van der Waals surface area contributed by atoms with Gasteiger partial charge in [-0.15, -0.1) is 0 Å². The fourth-order valence-corrected chi connectivity index (χ4v) is 3.11. The summed E-state index contributed by atoms with van der Waals surface area (Å²) in [7, 11) is 2.14. The zero-order chi connectivity index (χ0) is 15.0. The molecule has 0 atom stereocenters. The first-order valence-electron chi connectivity index (χ1n) is 7.22. The van der Waals surface area contributed by atoms with Crippen LogP contribution in [-0.4, -0.2) is 30.1 Å². The van der Waals surface area contributed by atoms with Crippen molar-refractivity contribution in [2.45, 2.75) is 20.3 Å². The average Bonchev–Trinajstić information content (AvgIpc) is 2.85. The Balaban J connectivity index is 2.05. The van der Waals surface area contributed by atoms with Crippen molar-refractivity contribution >= 4 is 34.1 Å². The topological polar surface area (TPSA) is 41.1 Å². The number of likely N-dealkylation sites (N-methyl/N-ethyl adjacent to an activating group) is 1. The van der Waals surface area contributed by atoms with Crippen molar-refractivity contribution in [2.75, 3.05) is 30.4 Å². The minimum Gasteiger partial charge on any atom is -0.374 e. The Hall–Kier alpha value is -1.37. The van der Waals surface area contributed by atoms with Crippen molar-refractivity contribution in [3.05, 3.63) is 33.0 Å². The molecule has 1 aromatic carbocycles. The van der Waals surface area contributed by atoms with Gasteiger partial charge >= 0.3 is 0 Å². The van der Waals surface area contributed by atoms with Crippen molar-refractivity contribution < 1.29 is 0 Å². The standard InChI is InChI=1S/C16H19IN4/c1-4-18-16-14(17)10(2)19-15(20-16)12-5-6-13-11(9-12)7-8-21(13)3/h5-6,9H,4,7-8H2,1-3H3,(H,18,19,20). The first kappa shape index (κ1) is 14.6. The molecule has 0 spiro atoms. The number of halogens is 1. The summed E-state index contributed by atoms with van der Waals surface area (Å²) in [4.78, 5) is 11.6. The molecule has 110 valence electrons. The number of aryl methyl sites for hydroxylation is 1. The molecule has 2 heterocycles. The van der Waals surface area contributed by atoms with Gasteiger partial charge in [0.25, 0.3) is 0 Å². The van der Waals surface area contributed by atoms with Crippen molar-refractivity contribution in [3.8, 4) is 11.4 Å². The first-order chi connectivity index (χ1) is 10.1. The lowest BCUT2D eigenvalue weighted by molar-refractivity contribution is 0.956. The number of benzene rings is 1. The van der Waals surface area contributed by atoms with Crippen LogP contribution in [0, 0.1) is 10.5 Å². The second-order valence-electron chi connectivity index (χ2n) is 5.34. The zero-order valence-corrected chi connectivity index (χ0v) is 14.7. The number of nitrogens with one attached hydrogen (secondary N) is 1. The van der Waals surface area contributed by atoms with Gasteiger partial charge < -0.3 is 10.2 Å². The molecule has 0 bridgehead atoms. The number of hydrogen-bond acceptors (Lipinski definition) is 4. The van der Waals surface area contributed by atoms with Crippen LogP contribution in [0.5, 0.6) is 0 Å². The van der Waals surface area contributed by atoms with Crippen LogP contribution in [0.15, 0.2) is 18.2 Å². The summed E-state index contributed by atoms with van der Waals surface area (Å²) < 4.78 is 1.10. The van der Waals surface area contributed by atoms with Crippen LogP contribution in [0.3, 0.4) is 0 Å². The van der Waals surface area contributed by atoms with Gasteiger partial charge in [-0.3, -0.25) is 0 Å². The molecule has 5 heteroatoms. The summed E-state index contributed by atoms with van der Waals surface area (Å²) in [5, 5.41) is 3.32. The van der Waals surface area contributed by atoms with E-state index in [0.29, 0.717) is 0 Å². The van der Waals surface area contributed by atoms with E-state index in [1.54, 1.807) is 0 Å². The number of fused-ring (bicyclic) bond motifs is 1. The summed E-state index contributed by atoms with van der Waals surface area (Å²) in [6.45, 7) is 6.07. The van der Waals surface area contributed by atoms with Gasteiger partial charge in [0, 0.05) is 31.4 Å². The Morgan fingerprint density at radius 1 is 1.33 bits per heavy atom. The Morgan fingerprint density at radius 3 is 2.90 bits per heavy atom. The quantitative estimate of drug-likeness (QED) is 0.810. The van der Waals surface area contributed by atoms with Crippen LogP contribution in [0.1, 0.15) is 18.2 Å². The molecular formula is C16H19IN4. The summed E-state index contributed by atoms with van der Waals surface area (Å²) >= 11 is 2.30. The largest absolute Gasteiger partial charge is 0.374 e. The molecule has 1 aliphatic rings. The lowest BCUT2D eigenvalue weighted by atomic mass is 10.1. The van der Waals surface area contributed by atoms with Gasteiger partial charge in [0.05, 0.1) is 9.26 Å². The van der Waals surface area contributed by atoms with Crippen LogP contribution >= 0.6 is 22.6 Å². The molecule has 0 amide bonds. The monoisotopic (exact) mass is 394 g/mol. The third-order valence-electron chi connectivity index (χ3n) is 3.83. The van der Waals surface area contributed by atoms with Gasteiger partial charge in [-0.2, -0.15) is 0 Å². The van der Waals surface area contributed by atoms with Crippen LogP contribution in [-0.2, 0) is 6.42 Å². The third-order valence-corrected chi connectivity index (χ3v) is 5.12. The predicted molar refractivity (Wildman–Crippen MR) is 96.1 cm³/mol. The Kier molecular flexibility index (Phi) is 4.01. The van der Waals surface area contributed by atoms with Gasteiger partial charge in [0.1, 0.15) is 5.82 Å². The minimum absolute atomic E-state index is 0.807. The maximum absolute atomic E-state index is 4.69. The molecular weight excluding hydrogens is 375 g/mol. The number of hydrogen-bond donors (Lipinski definition) is 1. The number of aromatic nitrogens is 2. The maximum atomic E-state index is 4.69. The fraction of sp³-hybridized carbons (Fsp3) is 0.375. The molecule has 0 unspecified atom stereocenters. The van der Waals surface area contributed by atoms with E-state index < -0.39 is 0 Å². The molecule has 0 radical (unpaired) electrons. The maximum Gasteiger partial charge on any atom is 0.161 e. The number of nitrogens with zero attached hydrogens (tertiary/aromatic N) is 3. The SMILES string of the molecule is CCNc1nc(-c2ccc3c(c2)CCN3C)nc(C)c1I. The molecule has 3 rings (SSSR count). The van der Waals surface area contributed by atoms with E-state index in [-0.39, 0.29) is 0 Å². The van der Waals surface area contributed by atoms with Gasteiger partial charge in [0.2, 0.25) is 0 Å². The smallest absolute Gasteiger partial charge is 0.161 e. The average molecular weight is 394 g/mol. The van der Waals surface area contributed by atoms with Crippen LogP contribution < -0.4 is 10.2 Å². The van der Waals surface area contributed by atoms with Crippen molar-refractivity contribution in [1.29, 1.82) is 0 Å². The predicted octanol–water partition coefficient (Wildman–Crippen LogP) is 3.48. The van der Waals surface area contributed by atoms with Crippen LogP contribution in [0.25, 0.3) is 11.4 Å². The molecule has 21 heavy (non-hydrogen) atoms. The Bertz CT molecular complexity index is 684. The highest BCUT2D eigenvalue weighted by Crippen LogP contribution is 2.31. The molecule has 0 saturated heterocycles. The van der Waals surface area contributed by atoms with Crippen molar-refractivity contribution in [3.63, 3.8) is 0 Å². The van der Waals surface area contributed by atoms with Crippen LogP contribution in [0.4, 0.5) is 11.5 Å². The summed E-state index contributed by atoms with van der Waals surface area (Å²) in [5.41, 5.74) is 4.84. The van der Waals surface area contributed by atoms with E-state index in [0.717, 1.165) is 46.0 Å². The molecule has 1 aromatic heterocycles. The highest BCUT2D eigenvalue weighted by atomic mass is 127. The highest BCUT2D eigenvalue weighted by molar-refractivity contribution is 14.1. The second-order valence-corrected chi connectivity index (χ2v) is 6.42. The van der Waals surface area contributed by atoms with E-state index in [4.69, 9.17) is 4.98 Å². The molecule has 1 aliphatic heterocycles. The first-order valence-corrected chi connectivity index (χ1v) is 8.30. The molecule has 1 N–H and O–H groups in total. The Morgan fingerprint density at radius 2 is 2.14 bits per heavy atom. The summed E-state index contributed by atoms with van der Waals surface area (Å²) in [5.74, 6) is 1.74. The fourth-order valence-electron chi connectivity index (χ4n) is 2.68. The Labute approximate surface area is 139 Å². The van der Waals surface area contributed by atoms with E-state index >= 15 is 0 Å². The van der Waals surface area contributed by atoms with Gasteiger partial charge in [-0.25, -0.2) is 9.97 Å². The molecule has 0 aliphatic carbocycles. The molecule has 2 aromatic rings. The third kappa shape index (κ3) is 2.71. The van der Waals surface area contributed by atoms with Gasteiger partial charge in [-0.05, 0) is 66.6 Å². The van der Waals surface area contributed by atoms with Crippen molar-refractivity contribution in [1.82, 2.24) is 9.97 Å². The highest BCUT2D eigenvalue weighted by Gasteiger charge is 2.17. The van der Waals surface area contributed by atoms with Crippen molar-refractivity contribution in [2.24, 2.45) is 0 Å². The van der Waals surface area contributed by atoms with E-state index in [1.807, 2.05) is 6.92 Å². The zero-order valence-electron chi connectivity index (χ0n) is 12.6. The lowest BCUT2D eigenvalue weighted by Crippen LogP contribution is -2.12.